The molecule has 0 unspecified atom stereocenters. The molecule has 0 saturated carbocycles. The largest absolute Gasteiger partial charge is 0.444 e. The topological polar surface area (TPSA) is 89.0 Å². The van der Waals surface area contributed by atoms with Crippen LogP contribution in [0.4, 0.5) is 9.59 Å². The number of benzene rings is 1. The van der Waals surface area contributed by atoms with Gasteiger partial charge in [0.15, 0.2) is 0 Å². The lowest BCUT2D eigenvalue weighted by molar-refractivity contribution is 0.0545. The maximum Gasteiger partial charge on any atom is 0.414 e. The molecule has 1 aromatic rings. The van der Waals surface area contributed by atoms with Crippen molar-refractivity contribution in [3.8, 4) is 0 Å². The molecule has 0 aromatic heterocycles. The van der Waals surface area contributed by atoms with Gasteiger partial charge in [0, 0.05) is 4.47 Å². The Morgan fingerprint density at radius 2 is 1.35 bits per heavy atom. The monoisotopic (exact) mass is 427 g/mol. The fraction of sp³-hybridized carbons (Fsp3) is 0.500. The van der Waals surface area contributed by atoms with E-state index in [2.05, 4.69) is 31.6 Å². The average molecular weight is 428 g/mol. The zero-order valence-electron chi connectivity index (χ0n) is 16.0. The minimum absolute atomic E-state index is 0.0450. The highest BCUT2D eigenvalue weighted by Crippen LogP contribution is 2.11. The van der Waals surface area contributed by atoms with Crippen molar-refractivity contribution in [3.63, 3.8) is 0 Å². The summed E-state index contributed by atoms with van der Waals surface area (Å²) in [6, 6.07) is 7.53. The van der Waals surface area contributed by atoms with Crippen molar-refractivity contribution in [2.45, 2.75) is 59.3 Å². The number of halogens is 1. The number of carbonyl (C=O) groups excluding carboxylic acids is 2. The summed E-state index contributed by atoms with van der Waals surface area (Å²) in [6.07, 6.45) is -1.44. The molecule has 0 heterocycles. The highest BCUT2D eigenvalue weighted by molar-refractivity contribution is 9.10. The van der Waals surface area contributed by atoms with Crippen LogP contribution in [0.3, 0.4) is 0 Å². The number of nitrogens with zero attached hydrogens (tertiary/aromatic N) is 1. The van der Waals surface area contributed by atoms with Crippen LogP contribution in [0.25, 0.3) is 0 Å². The van der Waals surface area contributed by atoms with E-state index in [4.69, 9.17) is 9.47 Å². The van der Waals surface area contributed by atoms with E-state index in [9.17, 15) is 9.59 Å². The van der Waals surface area contributed by atoms with Crippen molar-refractivity contribution in [2.24, 2.45) is 4.99 Å². The van der Waals surface area contributed by atoms with Crippen molar-refractivity contribution in [3.05, 3.63) is 34.3 Å². The highest BCUT2D eigenvalue weighted by Gasteiger charge is 2.21. The molecule has 0 spiro atoms. The third-order valence-electron chi connectivity index (χ3n) is 2.57. The average Bonchev–Trinajstić information content (AvgIpc) is 2.42. The lowest BCUT2D eigenvalue weighted by Crippen LogP contribution is -2.47. The van der Waals surface area contributed by atoms with Crippen molar-refractivity contribution < 1.29 is 19.1 Å². The van der Waals surface area contributed by atoms with Gasteiger partial charge in [-0.1, -0.05) is 28.1 Å². The first-order chi connectivity index (χ1) is 11.8. The van der Waals surface area contributed by atoms with Gasteiger partial charge in [-0.25, -0.2) is 14.6 Å². The van der Waals surface area contributed by atoms with Gasteiger partial charge in [-0.3, -0.25) is 10.6 Å². The van der Waals surface area contributed by atoms with Crippen LogP contribution < -0.4 is 10.6 Å². The van der Waals surface area contributed by atoms with Gasteiger partial charge >= 0.3 is 12.2 Å². The number of amides is 2. The molecular weight excluding hydrogens is 402 g/mol. The van der Waals surface area contributed by atoms with Gasteiger partial charge < -0.3 is 9.47 Å². The van der Waals surface area contributed by atoms with Crippen LogP contribution in [-0.2, 0) is 16.0 Å². The van der Waals surface area contributed by atoms with Crippen molar-refractivity contribution >= 4 is 34.1 Å². The predicted octanol–water partition coefficient (Wildman–Crippen LogP) is 4.35. The Morgan fingerprint density at radius 1 is 0.923 bits per heavy atom. The summed E-state index contributed by atoms with van der Waals surface area (Å²) in [4.78, 5) is 28.2. The second kappa shape index (κ2) is 9.02. The number of hydrogen-bond donors (Lipinski definition) is 2. The molecule has 0 aliphatic rings. The molecule has 1 rings (SSSR count). The van der Waals surface area contributed by atoms with Crippen LogP contribution in [0, 0.1) is 0 Å². The fourth-order valence-corrected chi connectivity index (χ4v) is 1.94. The van der Waals surface area contributed by atoms with Crippen LogP contribution in [-0.4, -0.2) is 29.3 Å². The molecule has 2 amide bonds. The molecule has 0 aliphatic heterocycles. The Hall–Kier alpha value is -2.09. The Balaban J connectivity index is 2.85. The Bertz CT molecular complexity index is 626. The molecule has 0 bridgehead atoms. The van der Waals surface area contributed by atoms with E-state index in [1.165, 1.54) is 0 Å². The van der Waals surface area contributed by atoms with Gasteiger partial charge in [0.05, 0.1) is 6.54 Å². The minimum atomic E-state index is -0.719. The SMILES string of the molecule is CC(C)(C)OC(=O)NC(=NCc1ccc(Br)cc1)NC(=O)OC(C)(C)C. The molecule has 7 nitrogen and oxygen atoms in total. The number of hydrogen-bond acceptors (Lipinski definition) is 5. The summed E-state index contributed by atoms with van der Waals surface area (Å²) in [5, 5.41) is 4.88. The fourth-order valence-electron chi connectivity index (χ4n) is 1.67. The van der Waals surface area contributed by atoms with Gasteiger partial charge in [0.2, 0.25) is 5.96 Å². The van der Waals surface area contributed by atoms with E-state index in [1.807, 2.05) is 24.3 Å². The summed E-state index contributed by atoms with van der Waals surface area (Å²) in [5.41, 5.74) is -0.442. The van der Waals surface area contributed by atoms with Crippen LogP contribution in [0.1, 0.15) is 47.1 Å². The summed E-state index contributed by atoms with van der Waals surface area (Å²) < 4.78 is 11.3. The Labute approximate surface area is 162 Å². The van der Waals surface area contributed by atoms with Gasteiger partial charge in [-0.05, 0) is 59.2 Å². The molecule has 26 heavy (non-hydrogen) atoms. The number of aliphatic imine (C=N–C) groups is 1. The number of ether oxygens (including phenoxy) is 2. The molecule has 0 saturated heterocycles. The molecule has 0 atom stereocenters. The summed E-state index contributed by atoms with van der Waals surface area (Å²) in [6.45, 7) is 10.7. The van der Waals surface area contributed by atoms with Crippen molar-refractivity contribution in [1.82, 2.24) is 10.6 Å². The Morgan fingerprint density at radius 3 is 1.73 bits per heavy atom. The maximum absolute atomic E-state index is 12.0. The van der Waals surface area contributed by atoms with E-state index in [-0.39, 0.29) is 12.5 Å². The standard InChI is InChI=1S/C18H26BrN3O4/c1-17(2,3)25-15(23)21-14(22-16(24)26-18(4,5)6)20-11-12-7-9-13(19)10-8-12/h7-10H,11H2,1-6H3,(H2,20,21,22,23,24). The molecule has 2 N–H and O–H groups in total. The van der Waals surface area contributed by atoms with Crippen LogP contribution >= 0.6 is 15.9 Å². The third-order valence-corrected chi connectivity index (χ3v) is 3.10. The van der Waals surface area contributed by atoms with E-state index < -0.39 is 23.4 Å². The van der Waals surface area contributed by atoms with E-state index in [0.717, 1.165) is 10.0 Å². The van der Waals surface area contributed by atoms with Gasteiger partial charge in [-0.15, -0.1) is 0 Å². The quantitative estimate of drug-likeness (QED) is 0.541. The first-order valence-corrected chi connectivity index (χ1v) is 8.92. The van der Waals surface area contributed by atoms with E-state index in [1.54, 1.807) is 41.5 Å². The van der Waals surface area contributed by atoms with Crippen LogP contribution in [0.2, 0.25) is 0 Å². The Kier molecular flexibility index (Phi) is 7.62. The normalized spacial score (nSPS) is 11.3. The maximum atomic E-state index is 12.0. The lowest BCUT2D eigenvalue weighted by Gasteiger charge is -2.22. The van der Waals surface area contributed by atoms with Crippen LogP contribution in [0.15, 0.2) is 33.7 Å². The van der Waals surface area contributed by atoms with Gasteiger partial charge in [-0.2, -0.15) is 0 Å². The zero-order valence-corrected chi connectivity index (χ0v) is 17.6. The highest BCUT2D eigenvalue weighted by atomic mass is 79.9. The second-order valence-electron chi connectivity index (χ2n) is 7.55. The van der Waals surface area contributed by atoms with E-state index in [0.29, 0.717) is 0 Å². The molecule has 0 aliphatic carbocycles. The van der Waals surface area contributed by atoms with Crippen molar-refractivity contribution in [2.75, 3.05) is 0 Å². The predicted molar refractivity (Wildman–Crippen MR) is 104 cm³/mol. The number of nitrogens with one attached hydrogen (secondary N) is 2. The summed E-state index contributed by atoms with van der Waals surface area (Å²) in [7, 11) is 0. The first kappa shape index (κ1) is 22.0. The lowest BCUT2D eigenvalue weighted by atomic mass is 10.2. The number of carbonyl (C=O) groups is 2. The molecule has 144 valence electrons. The molecule has 1 aromatic carbocycles. The smallest absolute Gasteiger partial charge is 0.414 e. The minimum Gasteiger partial charge on any atom is -0.444 e. The molecular formula is C18H26BrN3O4. The number of guanidine groups is 1. The zero-order chi connectivity index (χ0) is 20.0. The van der Waals surface area contributed by atoms with Crippen LogP contribution in [0.5, 0.6) is 0 Å². The first-order valence-electron chi connectivity index (χ1n) is 8.13. The molecule has 0 radical (unpaired) electrons. The third kappa shape index (κ3) is 10.0. The molecule has 8 heteroatoms. The number of alkyl carbamates (subject to hydrolysis) is 2. The second-order valence-corrected chi connectivity index (χ2v) is 8.46. The van der Waals surface area contributed by atoms with Gasteiger partial charge in [0.1, 0.15) is 11.2 Å². The summed E-state index contributed by atoms with van der Waals surface area (Å²) >= 11 is 3.36. The van der Waals surface area contributed by atoms with Gasteiger partial charge in [0.25, 0.3) is 0 Å². The van der Waals surface area contributed by atoms with E-state index >= 15 is 0 Å². The summed E-state index contributed by atoms with van der Waals surface area (Å²) in [5.74, 6) is -0.0450. The van der Waals surface area contributed by atoms with Crippen molar-refractivity contribution in [1.29, 1.82) is 0 Å². The number of rotatable bonds is 2. The molecule has 0 fully saturated rings.